The van der Waals surface area contributed by atoms with Crippen LogP contribution in [0, 0.1) is 0 Å². The number of pyridine rings is 2. The molecule has 5 rings (SSSR count). The Morgan fingerprint density at radius 3 is 2.82 bits per heavy atom. The predicted octanol–water partition coefficient (Wildman–Crippen LogP) is 3.01. The van der Waals surface area contributed by atoms with Gasteiger partial charge in [-0.2, -0.15) is 0 Å². The van der Waals surface area contributed by atoms with Crippen molar-refractivity contribution in [2.24, 2.45) is 7.05 Å². The molecule has 8 nitrogen and oxygen atoms in total. The number of hydrogen-bond acceptors (Lipinski definition) is 5. The van der Waals surface area contributed by atoms with Crippen molar-refractivity contribution in [2.75, 3.05) is 33.3 Å². The van der Waals surface area contributed by atoms with E-state index in [-0.39, 0.29) is 17.5 Å². The van der Waals surface area contributed by atoms with Crippen molar-refractivity contribution in [1.82, 2.24) is 24.3 Å². The highest BCUT2D eigenvalue weighted by molar-refractivity contribution is 5.96. The number of aryl methyl sites for hydroxylation is 1. The highest BCUT2D eigenvalue weighted by atomic mass is 16.5. The number of rotatable bonds is 6. The molecule has 1 N–H and O–H groups in total. The van der Waals surface area contributed by atoms with Crippen LogP contribution < -0.4 is 10.3 Å². The van der Waals surface area contributed by atoms with Crippen molar-refractivity contribution in [3.8, 4) is 17.0 Å². The van der Waals surface area contributed by atoms with E-state index in [4.69, 9.17) is 4.74 Å². The molecule has 0 aliphatic carbocycles. The number of piperazine rings is 1. The Morgan fingerprint density at radius 1 is 1.12 bits per heavy atom. The number of amides is 1. The molecule has 3 aromatic heterocycles. The Labute approximate surface area is 197 Å². The number of aromatic amines is 1. The largest absolute Gasteiger partial charge is 0.478 e. The number of carbonyl (C=O) groups is 1. The number of aromatic nitrogens is 3. The summed E-state index contributed by atoms with van der Waals surface area (Å²) in [7, 11) is 3.62. The van der Waals surface area contributed by atoms with E-state index in [0.29, 0.717) is 18.0 Å². The van der Waals surface area contributed by atoms with Crippen LogP contribution in [0.3, 0.4) is 0 Å². The average Bonchev–Trinajstić information content (AvgIpc) is 3.34. The summed E-state index contributed by atoms with van der Waals surface area (Å²) in [6.07, 6.45) is 4.50. The number of carbonyl (C=O) groups excluding carboxylic acids is 1. The summed E-state index contributed by atoms with van der Waals surface area (Å²) in [6, 6.07) is 11.9. The average molecular weight is 460 g/mol. The molecule has 0 saturated carbocycles. The van der Waals surface area contributed by atoms with Crippen LogP contribution in [0.4, 0.5) is 0 Å². The third kappa shape index (κ3) is 4.05. The van der Waals surface area contributed by atoms with Crippen molar-refractivity contribution < 1.29 is 9.53 Å². The lowest BCUT2D eigenvalue weighted by Crippen LogP contribution is -2.54. The lowest BCUT2D eigenvalue weighted by Gasteiger charge is -2.37. The fraction of sp³-hybridized carbons (Fsp3) is 0.346. The maximum atomic E-state index is 12.4. The number of likely N-dealkylation sites (N-methyl/N-ethyl adjacent to an activating group) is 1. The quantitative estimate of drug-likeness (QED) is 0.448. The number of benzene rings is 1. The van der Waals surface area contributed by atoms with Crippen molar-refractivity contribution in [2.45, 2.75) is 19.4 Å². The smallest absolute Gasteiger partial charge is 0.274 e. The van der Waals surface area contributed by atoms with Crippen LogP contribution in [-0.2, 0) is 11.8 Å². The van der Waals surface area contributed by atoms with Gasteiger partial charge in [0.1, 0.15) is 5.52 Å². The molecule has 0 spiro atoms. The van der Waals surface area contributed by atoms with Crippen LogP contribution in [0.15, 0.2) is 53.6 Å². The van der Waals surface area contributed by atoms with E-state index in [1.165, 1.54) is 0 Å². The van der Waals surface area contributed by atoms with Gasteiger partial charge in [0.25, 0.3) is 5.56 Å². The maximum absolute atomic E-state index is 12.4. The zero-order chi connectivity index (χ0) is 23.8. The summed E-state index contributed by atoms with van der Waals surface area (Å²) in [5.74, 6) is 0.774. The predicted molar refractivity (Wildman–Crippen MR) is 133 cm³/mol. The van der Waals surface area contributed by atoms with Crippen LogP contribution in [0.25, 0.3) is 32.9 Å². The second kappa shape index (κ2) is 8.95. The van der Waals surface area contributed by atoms with E-state index < -0.39 is 0 Å². The second-order valence-corrected chi connectivity index (χ2v) is 8.96. The van der Waals surface area contributed by atoms with Gasteiger partial charge >= 0.3 is 0 Å². The third-order valence-electron chi connectivity index (χ3n) is 6.71. The zero-order valence-corrected chi connectivity index (χ0v) is 19.7. The monoisotopic (exact) mass is 459 g/mol. The van der Waals surface area contributed by atoms with Gasteiger partial charge in [0.05, 0.1) is 18.2 Å². The number of nitrogens with one attached hydrogen (secondary N) is 1. The second-order valence-electron chi connectivity index (χ2n) is 8.96. The van der Waals surface area contributed by atoms with Gasteiger partial charge in [-0.15, -0.1) is 0 Å². The molecule has 1 amide bonds. The zero-order valence-electron chi connectivity index (χ0n) is 19.7. The molecule has 1 saturated heterocycles. The lowest BCUT2D eigenvalue weighted by atomic mass is 10.0. The normalized spacial score (nSPS) is 17.1. The number of ether oxygens (including phenoxy) is 1. The van der Waals surface area contributed by atoms with Gasteiger partial charge < -0.3 is 19.2 Å². The SMILES string of the molecule is C[C@@H]1C(=O)N(C)CCN1CCCOc1ccc2cc(-c3cn(C)c(=O)c4[nH]ccc34)ccc2n1. The van der Waals surface area contributed by atoms with Gasteiger partial charge in [0.2, 0.25) is 11.8 Å². The topological polar surface area (TPSA) is 83.5 Å². The summed E-state index contributed by atoms with van der Waals surface area (Å²) < 4.78 is 7.51. The van der Waals surface area contributed by atoms with Gasteiger partial charge in [0, 0.05) is 68.5 Å². The summed E-state index contributed by atoms with van der Waals surface area (Å²) in [4.78, 5) is 36.2. The first-order chi connectivity index (χ1) is 16.4. The molecule has 4 heterocycles. The molecule has 1 aliphatic heterocycles. The van der Waals surface area contributed by atoms with Gasteiger partial charge in [0.15, 0.2) is 0 Å². The molecule has 8 heteroatoms. The standard InChI is InChI=1S/C26H29N5O3/c1-17-25(32)29(2)12-13-31(17)11-4-14-34-23-8-6-19-15-18(5-7-22(19)28-23)21-16-30(3)26(33)24-20(21)9-10-27-24/h5-10,15-17,27H,4,11-14H2,1-3H3/t17-/m1/s1. The summed E-state index contributed by atoms with van der Waals surface area (Å²) in [5, 5.41) is 1.92. The van der Waals surface area contributed by atoms with E-state index in [2.05, 4.69) is 20.9 Å². The van der Waals surface area contributed by atoms with Gasteiger partial charge in [-0.05, 0) is 43.2 Å². The minimum absolute atomic E-state index is 0.0401. The third-order valence-corrected chi connectivity index (χ3v) is 6.71. The molecule has 1 aromatic carbocycles. The molecule has 1 atom stereocenters. The number of nitrogens with zero attached hydrogens (tertiary/aromatic N) is 4. The summed E-state index contributed by atoms with van der Waals surface area (Å²) >= 11 is 0. The molecule has 0 radical (unpaired) electrons. The van der Waals surface area contributed by atoms with Crippen molar-refractivity contribution in [1.29, 1.82) is 0 Å². The van der Waals surface area contributed by atoms with E-state index in [9.17, 15) is 9.59 Å². The van der Waals surface area contributed by atoms with E-state index in [1.54, 1.807) is 22.7 Å². The van der Waals surface area contributed by atoms with Gasteiger partial charge in [-0.3, -0.25) is 14.5 Å². The number of H-pyrrole nitrogens is 1. The molecule has 1 aliphatic rings. The van der Waals surface area contributed by atoms with Crippen LogP contribution in [0.5, 0.6) is 5.88 Å². The van der Waals surface area contributed by atoms with Crippen LogP contribution >= 0.6 is 0 Å². The molecule has 0 bridgehead atoms. The first-order valence-electron chi connectivity index (χ1n) is 11.6. The Balaban J connectivity index is 1.27. The van der Waals surface area contributed by atoms with Crippen LogP contribution in [0.1, 0.15) is 13.3 Å². The van der Waals surface area contributed by atoms with Crippen LogP contribution in [-0.4, -0.2) is 69.6 Å². The molecule has 34 heavy (non-hydrogen) atoms. The molecule has 176 valence electrons. The molecular formula is C26H29N5O3. The van der Waals surface area contributed by atoms with E-state index in [0.717, 1.165) is 53.5 Å². The fourth-order valence-corrected chi connectivity index (χ4v) is 4.66. The Hall–Kier alpha value is -3.65. The molecular weight excluding hydrogens is 430 g/mol. The van der Waals surface area contributed by atoms with E-state index >= 15 is 0 Å². The summed E-state index contributed by atoms with van der Waals surface area (Å²) in [6.45, 7) is 5.00. The van der Waals surface area contributed by atoms with Gasteiger partial charge in [-0.1, -0.05) is 6.07 Å². The first kappa shape index (κ1) is 22.2. The minimum atomic E-state index is -0.0775. The van der Waals surface area contributed by atoms with Crippen LogP contribution in [0.2, 0.25) is 0 Å². The summed E-state index contributed by atoms with van der Waals surface area (Å²) in [5.41, 5.74) is 3.45. The van der Waals surface area contributed by atoms with Crippen molar-refractivity contribution in [3.63, 3.8) is 0 Å². The van der Waals surface area contributed by atoms with E-state index in [1.807, 2.05) is 50.5 Å². The highest BCUT2D eigenvalue weighted by Crippen LogP contribution is 2.29. The Kier molecular flexibility index (Phi) is 5.83. The fourth-order valence-electron chi connectivity index (χ4n) is 4.66. The first-order valence-corrected chi connectivity index (χ1v) is 11.6. The highest BCUT2D eigenvalue weighted by Gasteiger charge is 2.28. The Morgan fingerprint density at radius 2 is 1.97 bits per heavy atom. The van der Waals surface area contributed by atoms with Crippen molar-refractivity contribution >= 4 is 27.7 Å². The number of fused-ring (bicyclic) bond motifs is 2. The lowest BCUT2D eigenvalue weighted by molar-refractivity contribution is -0.139. The molecule has 1 fully saturated rings. The van der Waals surface area contributed by atoms with Gasteiger partial charge in [-0.25, -0.2) is 4.98 Å². The minimum Gasteiger partial charge on any atom is -0.478 e. The molecule has 0 unspecified atom stereocenters. The molecule has 4 aromatic rings. The van der Waals surface area contributed by atoms with Crippen molar-refractivity contribution in [3.05, 3.63) is 59.1 Å². The number of hydrogen-bond donors (Lipinski definition) is 1. The maximum Gasteiger partial charge on any atom is 0.274 e. The Bertz CT molecular complexity index is 1420.